The van der Waals surface area contributed by atoms with Crippen LogP contribution in [0.4, 0.5) is 0 Å². The molecular weight excluding hydrogens is 395 g/mol. The Hall–Kier alpha value is -1.60. The van der Waals surface area contributed by atoms with E-state index in [4.69, 9.17) is 23.2 Å². The minimum absolute atomic E-state index is 0.120. The minimum atomic E-state index is -3.59. The first-order valence-electron chi connectivity index (χ1n) is 8.07. The standard InChI is InChI=1S/C18H20Cl2N2O3S/c1-3-12(2)22-26(24,25)16-8-5-13(6-9-16)18(23)21-11-14-4-7-15(19)10-17(14)20/h4-10,12,22H,3,11H2,1-2H3,(H,21,23). The summed E-state index contributed by atoms with van der Waals surface area (Å²) in [6.07, 6.45) is 0.687. The average molecular weight is 415 g/mol. The first-order valence-corrected chi connectivity index (χ1v) is 10.3. The van der Waals surface area contributed by atoms with E-state index in [0.29, 0.717) is 22.0 Å². The van der Waals surface area contributed by atoms with Crippen molar-refractivity contribution in [3.8, 4) is 0 Å². The SMILES string of the molecule is CCC(C)NS(=O)(=O)c1ccc(C(=O)NCc2ccc(Cl)cc2Cl)cc1. The second-order valence-corrected chi connectivity index (χ2v) is 8.43. The number of sulfonamides is 1. The molecule has 2 aromatic rings. The third-order valence-electron chi connectivity index (χ3n) is 3.85. The van der Waals surface area contributed by atoms with E-state index in [9.17, 15) is 13.2 Å². The monoisotopic (exact) mass is 414 g/mol. The molecule has 2 aromatic carbocycles. The third-order valence-corrected chi connectivity index (χ3v) is 6.04. The molecule has 0 radical (unpaired) electrons. The van der Waals surface area contributed by atoms with Crippen LogP contribution in [0.25, 0.3) is 0 Å². The fraction of sp³-hybridized carbons (Fsp3) is 0.278. The van der Waals surface area contributed by atoms with Crippen molar-refractivity contribution in [1.29, 1.82) is 0 Å². The number of halogens is 2. The normalized spacial score (nSPS) is 12.6. The molecule has 0 saturated carbocycles. The molecule has 26 heavy (non-hydrogen) atoms. The molecule has 1 amide bonds. The Bertz CT molecular complexity index is 884. The van der Waals surface area contributed by atoms with Gasteiger partial charge in [-0.25, -0.2) is 13.1 Å². The van der Waals surface area contributed by atoms with Gasteiger partial charge in [-0.3, -0.25) is 4.79 Å². The first-order chi connectivity index (χ1) is 12.2. The number of rotatable bonds is 7. The van der Waals surface area contributed by atoms with E-state index in [1.807, 2.05) is 6.92 Å². The maximum Gasteiger partial charge on any atom is 0.251 e. The second-order valence-electron chi connectivity index (χ2n) is 5.87. The van der Waals surface area contributed by atoms with Crippen LogP contribution in [0.2, 0.25) is 10.0 Å². The van der Waals surface area contributed by atoms with Crippen LogP contribution in [0.3, 0.4) is 0 Å². The maximum absolute atomic E-state index is 12.2. The number of amides is 1. The quantitative estimate of drug-likeness (QED) is 0.718. The number of carbonyl (C=O) groups excluding carboxylic acids is 1. The highest BCUT2D eigenvalue weighted by Crippen LogP contribution is 2.21. The summed E-state index contributed by atoms with van der Waals surface area (Å²) in [6.45, 7) is 3.93. The summed E-state index contributed by atoms with van der Waals surface area (Å²) >= 11 is 11.9. The lowest BCUT2D eigenvalue weighted by Crippen LogP contribution is -2.32. The largest absolute Gasteiger partial charge is 0.348 e. The van der Waals surface area contributed by atoms with Gasteiger partial charge in [-0.05, 0) is 55.3 Å². The molecule has 0 aliphatic heterocycles. The highest BCUT2D eigenvalue weighted by molar-refractivity contribution is 7.89. The summed E-state index contributed by atoms with van der Waals surface area (Å²) in [4.78, 5) is 12.4. The minimum Gasteiger partial charge on any atom is -0.348 e. The van der Waals surface area contributed by atoms with Crippen molar-refractivity contribution in [1.82, 2.24) is 10.0 Å². The molecule has 8 heteroatoms. The predicted molar refractivity (Wildman–Crippen MR) is 104 cm³/mol. The molecule has 5 nitrogen and oxygen atoms in total. The van der Waals surface area contributed by atoms with Crippen LogP contribution in [0.15, 0.2) is 47.4 Å². The fourth-order valence-corrected chi connectivity index (χ4v) is 3.95. The Balaban J connectivity index is 2.04. The Kier molecular flexibility index (Phi) is 7.06. The van der Waals surface area contributed by atoms with Crippen molar-refractivity contribution in [3.63, 3.8) is 0 Å². The molecule has 0 spiro atoms. The van der Waals surface area contributed by atoms with Gasteiger partial charge in [-0.15, -0.1) is 0 Å². The van der Waals surface area contributed by atoms with Gasteiger partial charge in [-0.1, -0.05) is 36.2 Å². The van der Waals surface area contributed by atoms with Crippen molar-refractivity contribution < 1.29 is 13.2 Å². The highest BCUT2D eigenvalue weighted by atomic mass is 35.5. The van der Waals surface area contributed by atoms with Gasteiger partial charge in [0.25, 0.3) is 5.91 Å². The second kappa shape index (κ2) is 8.86. The van der Waals surface area contributed by atoms with Gasteiger partial charge < -0.3 is 5.32 Å². The zero-order valence-electron chi connectivity index (χ0n) is 14.4. The van der Waals surface area contributed by atoms with E-state index in [-0.39, 0.29) is 23.4 Å². The summed E-state index contributed by atoms with van der Waals surface area (Å²) in [5.74, 6) is -0.324. The van der Waals surface area contributed by atoms with Gasteiger partial charge >= 0.3 is 0 Å². The maximum atomic E-state index is 12.2. The lowest BCUT2D eigenvalue weighted by molar-refractivity contribution is 0.0951. The highest BCUT2D eigenvalue weighted by Gasteiger charge is 2.17. The van der Waals surface area contributed by atoms with Crippen LogP contribution in [-0.2, 0) is 16.6 Å². The molecule has 0 heterocycles. The third kappa shape index (κ3) is 5.45. The van der Waals surface area contributed by atoms with Crippen molar-refractivity contribution >= 4 is 39.1 Å². The summed E-state index contributed by atoms with van der Waals surface area (Å²) < 4.78 is 27.0. The molecule has 1 atom stereocenters. The lowest BCUT2D eigenvalue weighted by atomic mass is 10.2. The van der Waals surface area contributed by atoms with E-state index < -0.39 is 10.0 Å². The van der Waals surface area contributed by atoms with Gasteiger partial charge in [0.15, 0.2) is 0 Å². The summed E-state index contributed by atoms with van der Waals surface area (Å²) in [6, 6.07) is 10.7. The molecule has 0 aliphatic rings. The Labute approximate surface area is 163 Å². The van der Waals surface area contributed by atoms with E-state index in [1.54, 1.807) is 25.1 Å². The molecule has 1 unspecified atom stereocenters. The molecule has 0 aromatic heterocycles. The van der Waals surface area contributed by atoms with Crippen molar-refractivity contribution in [2.24, 2.45) is 0 Å². The van der Waals surface area contributed by atoms with Crippen LogP contribution < -0.4 is 10.0 Å². The topological polar surface area (TPSA) is 75.3 Å². The fourth-order valence-electron chi connectivity index (χ4n) is 2.14. The average Bonchev–Trinajstić information content (AvgIpc) is 2.60. The first kappa shape index (κ1) is 20.7. The molecule has 0 fully saturated rings. The number of carbonyl (C=O) groups is 1. The van der Waals surface area contributed by atoms with E-state index in [2.05, 4.69) is 10.0 Å². The molecule has 0 saturated heterocycles. The number of hydrogen-bond donors (Lipinski definition) is 2. The van der Waals surface area contributed by atoms with E-state index in [1.165, 1.54) is 24.3 Å². The van der Waals surface area contributed by atoms with Crippen LogP contribution in [0, 0.1) is 0 Å². The summed E-state index contributed by atoms with van der Waals surface area (Å²) in [5, 5.41) is 3.73. The number of hydrogen-bond acceptors (Lipinski definition) is 3. The van der Waals surface area contributed by atoms with Crippen LogP contribution in [-0.4, -0.2) is 20.4 Å². The van der Waals surface area contributed by atoms with Crippen molar-refractivity contribution in [3.05, 3.63) is 63.6 Å². The van der Waals surface area contributed by atoms with Gasteiger partial charge in [0.1, 0.15) is 0 Å². The van der Waals surface area contributed by atoms with Crippen LogP contribution >= 0.6 is 23.2 Å². The lowest BCUT2D eigenvalue weighted by Gasteiger charge is -2.12. The number of nitrogens with one attached hydrogen (secondary N) is 2. The van der Waals surface area contributed by atoms with Crippen LogP contribution in [0.1, 0.15) is 36.2 Å². The van der Waals surface area contributed by atoms with Gasteiger partial charge in [0.05, 0.1) is 4.90 Å². The molecule has 2 rings (SSSR count). The van der Waals surface area contributed by atoms with Crippen molar-refractivity contribution in [2.75, 3.05) is 0 Å². The zero-order chi connectivity index (χ0) is 19.3. The summed E-state index contributed by atoms with van der Waals surface area (Å²) in [5.41, 5.74) is 1.10. The van der Waals surface area contributed by atoms with Crippen molar-refractivity contribution in [2.45, 2.75) is 37.8 Å². The Morgan fingerprint density at radius 3 is 2.35 bits per heavy atom. The molecule has 0 aliphatic carbocycles. The zero-order valence-corrected chi connectivity index (χ0v) is 16.8. The molecule has 2 N–H and O–H groups in total. The smallest absolute Gasteiger partial charge is 0.251 e. The Morgan fingerprint density at radius 2 is 1.77 bits per heavy atom. The van der Waals surface area contributed by atoms with Gasteiger partial charge in [-0.2, -0.15) is 0 Å². The predicted octanol–water partition coefficient (Wildman–Crippen LogP) is 4.00. The van der Waals surface area contributed by atoms with E-state index >= 15 is 0 Å². The van der Waals surface area contributed by atoms with Gasteiger partial charge in [0, 0.05) is 28.2 Å². The molecule has 140 valence electrons. The van der Waals surface area contributed by atoms with E-state index in [0.717, 1.165) is 5.56 Å². The summed E-state index contributed by atoms with van der Waals surface area (Å²) in [7, 11) is -3.59. The molecule has 0 bridgehead atoms. The van der Waals surface area contributed by atoms with Gasteiger partial charge in [0.2, 0.25) is 10.0 Å². The Morgan fingerprint density at radius 1 is 1.12 bits per heavy atom. The van der Waals surface area contributed by atoms with Crippen LogP contribution in [0.5, 0.6) is 0 Å². The number of benzene rings is 2. The molecular formula is C18H20Cl2N2O3S.